The summed E-state index contributed by atoms with van der Waals surface area (Å²) in [7, 11) is 0. The molecule has 8 atom stereocenters. The summed E-state index contributed by atoms with van der Waals surface area (Å²) in [5, 5.41) is 2.53. The Balaban J connectivity index is 0.000000463. The summed E-state index contributed by atoms with van der Waals surface area (Å²) in [5.41, 5.74) is 9.97. The summed E-state index contributed by atoms with van der Waals surface area (Å²) in [6.45, 7) is 33.8. The van der Waals surface area contributed by atoms with Crippen molar-refractivity contribution in [3.05, 3.63) is 84.5 Å². The number of rotatable bonds is 23. The van der Waals surface area contributed by atoms with E-state index < -0.39 is 60.6 Å². The van der Waals surface area contributed by atoms with Crippen LogP contribution in [0.4, 0.5) is 4.79 Å². The second-order valence-corrected chi connectivity index (χ2v) is 17.3. The second kappa shape index (κ2) is 31.0. The maximum absolute atomic E-state index is 13.1. The fraction of sp³-hybridized carbons (Fsp3) is 0.646. The molecule has 0 saturated carbocycles. The van der Waals surface area contributed by atoms with Crippen LogP contribution in [-0.4, -0.2) is 146 Å². The van der Waals surface area contributed by atoms with Crippen molar-refractivity contribution in [2.75, 3.05) is 79.3 Å². The minimum absolute atomic E-state index is 0.0254. The van der Waals surface area contributed by atoms with E-state index in [0.717, 1.165) is 27.9 Å². The highest BCUT2D eigenvalue weighted by Gasteiger charge is 2.40. The highest BCUT2D eigenvalue weighted by molar-refractivity contribution is 5.81. The lowest BCUT2D eigenvalue weighted by molar-refractivity contribution is -0.180. The highest BCUT2D eigenvalue weighted by Crippen LogP contribution is 2.21. The van der Waals surface area contributed by atoms with Gasteiger partial charge in [0.2, 0.25) is 0 Å². The lowest BCUT2D eigenvalue weighted by Crippen LogP contribution is -2.49. The first kappa shape index (κ1) is 56.2. The summed E-state index contributed by atoms with van der Waals surface area (Å²) in [6, 6.07) is 7.26. The van der Waals surface area contributed by atoms with Gasteiger partial charge in [-0.25, -0.2) is 9.59 Å². The van der Waals surface area contributed by atoms with E-state index in [0.29, 0.717) is 31.7 Å². The van der Waals surface area contributed by atoms with Gasteiger partial charge in [0.05, 0.1) is 66.1 Å². The van der Waals surface area contributed by atoms with Crippen LogP contribution < -0.4 is 11.1 Å². The van der Waals surface area contributed by atoms with Crippen molar-refractivity contribution in [2.24, 2.45) is 17.6 Å². The first-order chi connectivity index (χ1) is 30.4. The second-order valence-electron chi connectivity index (χ2n) is 17.3. The molecule has 362 valence electrons. The van der Waals surface area contributed by atoms with Crippen molar-refractivity contribution in [1.82, 2.24) is 5.32 Å². The Kier molecular flexibility index (Phi) is 27.2. The Labute approximate surface area is 381 Å². The molecule has 0 unspecified atom stereocenters. The van der Waals surface area contributed by atoms with Crippen LogP contribution in [0.5, 0.6) is 0 Å². The Bertz CT molecular complexity index is 1590. The van der Waals surface area contributed by atoms with Gasteiger partial charge in [0.25, 0.3) is 0 Å². The fourth-order valence-corrected chi connectivity index (χ4v) is 5.81. The van der Waals surface area contributed by atoms with Crippen molar-refractivity contribution in [3.63, 3.8) is 0 Å². The molecule has 2 aliphatic rings. The molecule has 0 bridgehead atoms. The van der Waals surface area contributed by atoms with Gasteiger partial charge >= 0.3 is 18.0 Å². The van der Waals surface area contributed by atoms with Gasteiger partial charge in [0.1, 0.15) is 37.1 Å². The van der Waals surface area contributed by atoms with Crippen LogP contribution in [0.1, 0.15) is 61.0 Å². The SMILES string of the molecule is C=C(C)COC[C@H]1OC(=O)[C@@H](N)COC[C@H](OCC(C)C)[C@H]1OCC(C)C.C=C(C)COC[C@H]1OC(=O)[C@@H](NC(=O)OCc2ccccc2)COC[C@H](OCC(=C)C)[C@H]1OCC(=C)C. The molecule has 64 heavy (non-hydrogen) atoms. The number of esters is 2. The van der Waals surface area contributed by atoms with Crippen LogP contribution in [0.2, 0.25) is 0 Å². The van der Waals surface area contributed by atoms with Crippen LogP contribution in [0.15, 0.2) is 78.9 Å². The van der Waals surface area contributed by atoms with Crippen LogP contribution in [0.25, 0.3) is 0 Å². The number of carbonyl (C=O) groups excluding carboxylic acids is 3. The molecular weight excluding hydrogens is 829 g/mol. The zero-order valence-electron chi connectivity index (χ0n) is 39.5. The smallest absolute Gasteiger partial charge is 0.408 e. The largest absolute Gasteiger partial charge is 0.456 e. The molecule has 0 radical (unpaired) electrons. The van der Waals surface area contributed by atoms with Crippen molar-refractivity contribution in [3.8, 4) is 0 Å². The maximum atomic E-state index is 13.1. The Morgan fingerprint density at radius 3 is 1.70 bits per heavy atom. The first-order valence-electron chi connectivity index (χ1n) is 21.8. The molecule has 1 amide bonds. The van der Waals surface area contributed by atoms with Crippen LogP contribution >= 0.6 is 0 Å². The van der Waals surface area contributed by atoms with E-state index in [4.69, 9.17) is 57.8 Å². The van der Waals surface area contributed by atoms with E-state index in [9.17, 15) is 14.4 Å². The summed E-state index contributed by atoms with van der Waals surface area (Å²) in [5.74, 6) is -0.558. The molecule has 2 aliphatic heterocycles. The third kappa shape index (κ3) is 23.8. The van der Waals surface area contributed by atoms with Gasteiger partial charge in [-0.05, 0) is 45.1 Å². The monoisotopic (exact) mass is 905 g/mol. The van der Waals surface area contributed by atoms with Gasteiger partial charge in [-0.3, -0.25) is 4.79 Å². The standard InChI is InChI=1S/C28H39NO8.C20H37NO6/c1-19(2)12-32-18-25-26(35-14-21(5)6)24(34-13-20(3)4)17-33-16-23(27(30)37-25)29-28(31)36-15-22-10-8-7-9-11-22;1-13(2)7-23-12-18-19(26-9-15(5)6)17(25-8-14(3)4)11-24-10-16(21)20(22)27-18/h7-11,23-26H,1,3,5,12-18H2,2,4,6H3,(H,29,31);14-19H,1,7-12,21H2,2-6H3/t23-,24-,25+,26+;16-,17-,18+,19+/m00/s1. The topological polar surface area (TPSA) is 191 Å². The average molecular weight is 905 g/mol. The minimum Gasteiger partial charge on any atom is -0.456 e. The number of hydrogen-bond acceptors (Lipinski definition) is 15. The Morgan fingerprint density at radius 2 is 1.16 bits per heavy atom. The third-order valence-corrected chi connectivity index (χ3v) is 8.83. The third-order valence-electron chi connectivity index (χ3n) is 8.83. The van der Waals surface area contributed by atoms with Crippen LogP contribution in [0, 0.1) is 11.8 Å². The van der Waals surface area contributed by atoms with Crippen LogP contribution in [-0.2, 0) is 68.3 Å². The molecule has 0 spiro atoms. The zero-order valence-corrected chi connectivity index (χ0v) is 39.5. The van der Waals surface area contributed by atoms with Gasteiger partial charge in [-0.15, -0.1) is 0 Å². The van der Waals surface area contributed by atoms with Crippen molar-refractivity contribution >= 4 is 18.0 Å². The molecule has 3 N–H and O–H groups in total. The van der Waals surface area contributed by atoms with Crippen molar-refractivity contribution in [1.29, 1.82) is 0 Å². The number of nitrogens with one attached hydrogen (secondary N) is 1. The molecule has 2 fully saturated rings. The molecule has 1 aromatic rings. The van der Waals surface area contributed by atoms with Gasteiger partial charge in [-0.2, -0.15) is 0 Å². The molecular formula is C48H76N2O14. The number of alkyl carbamates (subject to hydrolysis) is 1. The van der Waals surface area contributed by atoms with Gasteiger partial charge in [0.15, 0.2) is 18.2 Å². The lowest BCUT2D eigenvalue weighted by atomic mass is 10.1. The number of carbonyl (C=O) groups is 3. The zero-order chi connectivity index (χ0) is 47.6. The van der Waals surface area contributed by atoms with Gasteiger partial charge < -0.3 is 63.2 Å². The van der Waals surface area contributed by atoms with Crippen LogP contribution in [0.3, 0.4) is 0 Å². The number of amides is 1. The normalized spacial score (nSPS) is 24.2. The molecule has 16 heteroatoms. The van der Waals surface area contributed by atoms with E-state index >= 15 is 0 Å². The Morgan fingerprint density at radius 1 is 0.672 bits per heavy atom. The van der Waals surface area contributed by atoms with Crippen molar-refractivity contribution in [2.45, 2.75) is 111 Å². The van der Waals surface area contributed by atoms with E-state index in [1.807, 2.05) is 58.0 Å². The predicted octanol–water partition coefficient (Wildman–Crippen LogP) is 5.67. The number of ether oxygens (including phenoxy) is 11. The lowest BCUT2D eigenvalue weighted by Gasteiger charge is -2.33. The average Bonchev–Trinajstić information content (AvgIpc) is 3.31. The first-order valence-corrected chi connectivity index (χ1v) is 21.8. The van der Waals surface area contributed by atoms with E-state index in [2.05, 4.69) is 59.3 Å². The fourth-order valence-electron chi connectivity index (χ4n) is 5.81. The molecule has 3 rings (SSSR count). The maximum Gasteiger partial charge on any atom is 0.408 e. The summed E-state index contributed by atoms with van der Waals surface area (Å²) in [4.78, 5) is 37.8. The van der Waals surface area contributed by atoms with E-state index in [-0.39, 0.29) is 72.2 Å². The predicted molar refractivity (Wildman–Crippen MR) is 242 cm³/mol. The Hall–Kier alpha value is -3.97. The number of hydrogen-bond donors (Lipinski definition) is 2. The summed E-state index contributed by atoms with van der Waals surface area (Å²) >= 11 is 0. The van der Waals surface area contributed by atoms with Crippen molar-refractivity contribution < 1.29 is 66.5 Å². The molecule has 2 saturated heterocycles. The minimum atomic E-state index is -1.10. The number of benzene rings is 1. The molecule has 16 nitrogen and oxygen atoms in total. The molecule has 1 aromatic carbocycles. The summed E-state index contributed by atoms with van der Waals surface area (Å²) in [6.07, 6.45) is -4.49. The van der Waals surface area contributed by atoms with E-state index in [1.165, 1.54) is 0 Å². The number of cyclic esters (lactones) is 2. The van der Waals surface area contributed by atoms with E-state index in [1.54, 1.807) is 0 Å². The molecule has 0 aromatic heterocycles. The van der Waals surface area contributed by atoms with Gasteiger partial charge in [-0.1, -0.05) is 107 Å². The summed E-state index contributed by atoms with van der Waals surface area (Å²) < 4.78 is 63.8. The quantitative estimate of drug-likeness (QED) is 0.0776. The number of nitrogens with two attached hydrogens (primary N) is 1. The molecule has 0 aliphatic carbocycles. The highest BCUT2D eigenvalue weighted by atomic mass is 16.6. The van der Waals surface area contributed by atoms with Gasteiger partial charge in [0, 0.05) is 13.2 Å². The molecule has 2 heterocycles.